The maximum atomic E-state index is 4.97. The maximum Gasteiger partial charge on any atom is 0.159 e. The third-order valence-electron chi connectivity index (χ3n) is 7.79. The first-order valence-electron chi connectivity index (χ1n) is 14.6. The van der Waals surface area contributed by atoms with Gasteiger partial charge in [-0.1, -0.05) is 76.1 Å². The summed E-state index contributed by atoms with van der Waals surface area (Å²) in [5.41, 5.74) is 8.97. The van der Waals surface area contributed by atoms with Gasteiger partial charge in [-0.15, -0.1) is 0 Å². The van der Waals surface area contributed by atoms with Crippen molar-refractivity contribution in [2.45, 2.75) is 52.4 Å². The summed E-state index contributed by atoms with van der Waals surface area (Å²) in [6.07, 6.45) is 22.7. The van der Waals surface area contributed by atoms with Crippen LogP contribution in [0.15, 0.2) is 98.3 Å². The Morgan fingerprint density at radius 3 is 2.71 bits per heavy atom. The highest BCUT2D eigenvalue weighted by Gasteiger charge is 2.19. The molecule has 1 fully saturated rings. The van der Waals surface area contributed by atoms with Crippen molar-refractivity contribution >= 4 is 22.0 Å². The monoisotopic (exact) mass is 557 g/mol. The van der Waals surface area contributed by atoms with Crippen LogP contribution in [0.5, 0.6) is 0 Å². The minimum absolute atomic E-state index is 0.676. The quantitative estimate of drug-likeness (QED) is 0.162. The van der Waals surface area contributed by atoms with Gasteiger partial charge in [0, 0.05) is 46.0 Å². The second-order valence-corrected chi connectivity index (χ2v) is 10.8. The second kappa shape index (κ2) is 13.3. The lowest BCUT2D eigenvalue weighted by molar-refractivity contribution is 0.353. The zero-order chi connectivity index (χ0) is 29.5. The topological polar surface area (TPSA) is 95.2 Å². The molecule has 0 unspecified atom stereocenters. The van der Waals surface area contributed by atoms with Crippen LogP contribution >= 0.6 is 0 Å². The summed E-state index contributed by atoms with van der Waals surface area (Å²) in [5, 5.41) is 12.1. The van der Waals surface area contributed by atoms with Gasteiger partial charge in [-0.05, 0) is 56.0 Å². The molecule has 4 aromatic heterocycles. The first-order valence-corrected chi connectivity index (χ1v) is 14.6. The lowest BCUT2D eigenvalue weighted by Crippen LogP contribution is -2.16. The van der Waals surface area contributed by atoms with Gasteiger partial charge in [-0.25, -0.2) is 4.98 Å². The van der Waals surface area contributed by atoms with Gasteiger partial charge in [-0.3, -0.25) is 15.1 Å². The zero-order valence-corrected chi connectivity index (χ0v) is 24.6. The smallest absolute Gasteiger partial charge is 0.159 e. The number of imidazole rings is 1. The molecule has 1 aliphatic rings. The van der Waals surface area contributed by atoms with Crippen LogP contribution in [-0.4, -0.2) is 30.1 Å². The Morgan fingerprint density at radius 1 is 1.17 bits per heavy atom. The molecule has 1 saturated carbocycles. The van der Waals surface area contributed by atoms with E-state index in [0.29, 0.717) is 11.7 Å². The molecule has 0 amide bonds. The molecule has 4 heterocycles. The van der Waals surface area contributed by atoms with Crippen LogP contribution in [0.25, 0.3) is 33.6 Å². The van der Waals surface area contributed by atoms with E-state index in [1.54, 1.807) is 12.3 Å². The SMILES string of the molecule is C=C/C=C(/c1cccnc1)c1nc(-c2n[nH]c3cnc(C(/C=C(\C=C)NC(=C)CC4CCCCC4)=C/C)cc23)[nH]c1C. The highest BCUT2D eigenvalue weighted by atomic mass is 15.1. The maximum absolute atomic E-state index is 4.97. The van der Waals surface area contributed by atoms with Crippen molar-refractivity contribution in [2.75, 3.05) is 0 Å². The van der Waals surface area contributed by atoms with E-state index in [4.69, 9.17) is 9.97 Å². The molecule has 0 bridgehead atoms. The molecule has 0 atom stereocenters. The van der Waals surface area contributed by atoms with Gasteiger partial charge in [0.2, 0.25) is 0 Å². The highest BCUT2D eigenvalue weighted by Crippen LogP contribution is 2.31. The largest absolute Gasteiger partial charge is 0.359 e. The lowest BCUT2D eigenvalue weighted by Gasteiger charge is -2.23. The molecule has 1 aliphatic carbocycles. The predicted octanol–water partition coefficient (Wildman–Crippen LogP) is 8.22. The van der Waals surface area contributed by atoms with Crippen LogP contribution < -0.4 is 5.32 Å². The summed E-state index contributed by atoms with van der Waals surface area (Å²) < 4.78 is 0. The summed E-state index contributed by atoms with van der Waals surface area (Å²) in [5.74, 6) is 1.39. The molecule has 0 radical (unpaired) electrons. The molecule has 5 rings (SSSR count). The fourth-order valence-electron chi connectivity index (χ4n) is 5.66. The van der Waals surface area contributed by atoms with Crippen LogP contribution in [-0.2, 0) is 0 Å². The Bertz CT molecular complexity index is 1670. The van der Waals surface area contributed by atoms with Crippen molar-refractivity contribution in [3.63, 3.8) is 0 Å². The van der Waals surface area contributed by atoms with E-state index in [1.165, 1.54) is 32.1 Å². The van der Waals surface area contributed by atoms with Crippen molar-refractivity contribution in [1.82, 2.24) is 35.5 Å². The lowest BCUT2D eigenvalue weighted by atomic mass is 9.86. The van der Waals surface area contributed by atoms with E-state index < -0.39 is 0 Å². The van der Waals surface area contributed by atoms with Crippen molar-refractivity contribution in [3.05, 3.63) is 121 Å². The fraction of sp³-hybridized carbons (Fsp3) is 0.257. The summed E-state index contributed by atoms with van der Waals surface area (Å²) in [7, 11) is 0. The standard InChI is InChI=1S/C35H39N7/c1-6-13-29(27-16-12-17-36-21-27)33-24(5)39-35(40-33)34-30-20-31(37-22-32(30)41-42-34)26(7-2)19-28(8-3)38-23(4)18-25-14-10-9-11-15-25/h6-8,12-13,16-17,19-22,25,38H,1,3-4,9-11,14-15,18H2,2,5H3,(H,39,40)(H,41,42)/b26-7+,28-19+,29-13-. The van der Waals surface area contributed by atoms with Gasteiger partial charge < -0.3 is 10.3 Å². The average molecular weight is 558 g/mol. The van der Waals surface area contributed by atoms with Gasteiger partial charge in [-0.2, -0.15) is 5.10 Å². The minimum Gasteiger partial charge on any atom is -0.359 e. The number of hydrogen-bond donors (Lipinski definition) is 3. The summed E-state index contributed by atoms with van der Waals surface area (Å²) in [6.45, 7) is 16.3. The fourth-order valence-corrected chi connectivity index (χ4v) is 5.66. The van der Waals surface area contributed by atoms with Crippen molar-refractivity contribution < 1.29 is 0 Å². The number of allylic oxidation sites excluding steroid dienone is 7. The van der Waals surface area contributed by atoms with E-state index in [9.17, 15) is 0 Å². The number of nitrogens with zero attached hydrogens (tertiary/aromatic N) is 4. The Labute approximate surface area is 248 Å². The normalized spacial score (nSPS) is 15.1. The van der Waals surface area contributed by atoms with E-state index >= 15 is 0 Å². The van der Waals surface area contributed by atoms with Crippen LogP contribution in [0.3, 0.4) is 0 Å². The second-order valence-electron chi connectivity index (χ2n) is 10.8. The number of nitrogens with one attached hydrogen (secondary N) is 3. The molecule has 214 valence electrons. The predicted molar refractivity (Wildman–Crippen MR) is 173 cm³/mol. The van der Waals surface area contributed by atoms with Crippen LogP contribution in [0.1, 0.15) is 68.1 Å². The molecule has 7 nitrogen and oxygen atoms in total. The number of aromatic nitrogens is 6. The van der Waals surface area contributed by atoms with Crippen LogP contribution in [0.2, 0.25) is 0 Å². The molecule has 0 spiro atoms. The molecular weight excluding hydrogens is 518 g/mol. The molecule has 0 aliphatic heterocycles. The molecule has 0 saturated heterocycles. The third-order valence-corrected chi connectivity index (χ3v) is 7.79. The molecular formula is C35H39N7. The Hall–Kier alpha value is -4.78. The van der Waals surface area contributed by atoms with Gasteiger partial charge in [0.25, 0.3) is 0 Å². The van der Waals surface area contributed by atoms with E-state index in [0.717, 1.165) is 68.2 Å². The first kappa shape index (κ1) is 28.7. The van der Waals surface area contributed by atoms with Crippen LogP contribution in [0.4, 0.5) is 0 Å². The van der Waals surface area contributed by atoms with Gasteiger partial charge in [0.1, 0.15) is 5.69 Å². The molecule has 7 heteroatoms. The number of aromatic amines is 2. The zero-order valence-electron chi connectivity index (χ0n) is 24.6. The number of aryl methyl sites for hydroxylation is 1. The summed E-state index contributed by atoms with van der Waals surface area (Å²) >= 11 is 0. The van der Waals surface area contributed by atoms with Crippen molar-refractivity contribution in [1.29, 1.82) is 0 Å². The summed E-state index contributed by atoms with van der Waals surface area (Å²) in [4.78, 5) is 17.4. The number of hydrogen-bond acceptors (Lipinski definition) is 5. The molecule has 4 aromatic rings. The summed E-state index contributed by atoms with van der Waals surface area (Å²) in [6, 6.07) is 5.98. The van der Waals surface area contributed by atoms with Crippen molar-refractivity contribution in [3.8, 4) is 11.5 Å². The van der Waals surface area contributed by atoms with Gasteiger partial charge in [0.05, 0.1) is 23.1 Å². The Morgan fingerprint density at radius 2 is 2.00 bits per heavy atom. The number of pyridine rings is 2. The van der Waals surface area contributed by atoms with Crippen LogP contribution in [0, 0.1) is 12.8 Å². The Kier molecular flexibility index (Phi) is 9.07. The molecule has 3 N–H and O–H groups in total. The van der Waals surface area contributed by atoms with Gasteiger partial charge in [0.15, 0.2) is 5.82 Å². The first-order chi connectivity index (χ1) is 20.5. The number of fused-ring (bicyclic) bond motifs is 1. The average Bonchev–Trinajstić information content (AvgIpc) is 3.61. The van der Waals surface area contributed by atoms with E-state index in [1.807, 2.05) is 50.5 Å². The Balaban J connectivity index is 1.43. The highest BCUT2D eigenvalue weighted by molar-refractivity contribution is 5.93. The third kappa shape index (κ3) is 6.41. The van der Waals surface area contributed by atoms with E-state index in [2.05, 4.69) is 63.4 Å². The van der Waals surface area contributed by atoms with E-state index in [-0.39, 0.29) is 0 Å². The number of H-pyrrole nitrogens is 2. The number of rotatable bonds is 11. The van der Waals surface area contributed by atoms with Crippen molar-refractivity contribution in [2.24, 2.45) is 5.92 Å². The van der Waals surface area contributed by atoms with Gasteiger partial charge >= 0.3 is 0 Å². The molecule has 42 heavy (non-hydrogen) atoms. The molecule has 0 aromatic carbocycles. The minimum atomic E-state index is 0.676.